The van der Waals surface area contributed by atoms with Gasteiger partial charge in [-0.1, -0.05) is 0 Å². The van der Waals surface area contributed by atoms with E-state index in [1.54, 1.807) is 6.07 Å². The highest BCUT2D eigenvalue weighted by Crippen LogP contribution is 2.31. The molecule has 0 spiro atoms. The number of H-pyrrole nitrogens is 1. The van der Waals surface area contributed by atoms with E-state index >= 15 is 0 Å². The average molecular weight is 295 g/mol. The van der Waals surface area contributed by atoms with E-state index in [9.17, 15) is 4.79 Å². The fourth-order valence-corrected chi connectivity index (χ4v) is 2.86. The monoisotopic (exact) mass is 294 g/mol. The van der Waals surface area contributed by atoms with Crippen LogP contribution in [0.15, 0.2) is 24.4 Å². The van der Waals surface area contributed by atoms with Crippen LogP contribution >= 0.6 is 12.4 Å². The van der Waals surface area contributed by atoms with Crippen LogP contribution in [0.2, 0.25) is 0 Å². The molecule has 108 valence electrons. The fraction of sp³-hybridized carbons (Fsp3) is 0.400. The van der Waals surface area contributed by atoms with Crippen molar-refractivity contribution < 1.29 is 9.53 Å². The van der Waals surface area contributed by atoms with Crippen LogP contribution in [0.5, 0.6) is 0 Å². The van der Waals surface area contributed by atoms with Gasteiger partial charge < -0.3 is 15.0 Å². The van der Waals surface area contributed by atoms with Gasteiger partial charge in [0.1, 0.15) is 0 Å². The Balaban J connectivity index is 0.00000147. The molecule has 1 saturated heterocycles. The quantitative estimate of drug-likeness (QED) is 0.838. The molecular formula is C15H19ClN2O2. The van der Waals surface area contributed by atoms with Gasteiger partial charge in [0, 0.05) is 17.1 Å². The van der Waals surface area contributed by atoms with Crippen LogP contribution in [-0.4, -0.2) is 31.2 Å². The zero-order valence-corrected chi connectivity index (χ0v) is 12.3. The van der Waals surface area contributed by atoms with Gasteiger partial charge in [-0.3, -0.25) is 0 Å². The third-order valence-corrected chi connectivity index (χ3v) is 3.91. The molecule has 4 nitrogen and oxygen atoms in total. The van der Waals surface area contributed by atoms with Crippen LogP contribution in [0.4, 0.5) is 0 Å². The van der Waals surface area contributed by atoms with Crippen molar-refractivity contribution in [2.45, 2.75) is 18.8 Å². The van der Waals surface area contributed by atoms with Gasteiger partial charge in [0.05, 0.1) is 12.7 Å². The summed E-state index contributed by atoms with van der Waals surface area (Å²) in [6.07, 6.45) is 4.38. The minimum atomic E-state index is -0.278. The van der Waals surface area contributed by atoms with E-state index in [0.717, 1.165) is 36.8 Å². The first kappa shape index (κ1) is 14.9. The van der Waals surface area contributed by atoms with E-state index < -0.39 is 0 Å². The number of piperidine rings is 1. The zero-order valence-electron chi connectivity index (χ0n) is 11.4. The van der Waals surface area contributed by atoms with E-state index in [-0.39, 0.29) is 18.4 Å². The third-order valence-electron chi connectivity index (χ3n) is 3.91. The minimum Gasteiger partial charge on any atom is -0.465 e. The standard InChI is InChI=1S/C15H18N2O2.ClH/c1-19-15(18)11-2-3-14-12(8-11)13(9-17-14)10-4-6-16-7-5-10;/h2-3,8-10,16-17H,4-7H2,1H3;1H. The second kappa shape index (κ2) is 6.29. The summed E-state index contributed by atoms with van der Waals surface area (Å²) in [5.41, 5.74) is 3.02. The van der Waals surface area contributed by atoms with Gasteiger partial charge in [0.25, 0.3) is 0 Å². The van der Waals surface area contributed by atoms with Crippen LogP contribution in [0, 0.1) is 0 Å². The molecule has 0 atom stereocenters. The maximum absolute atomic E-state index is 11.6. The number of rotatable bonds is 2. The van der Waals surface area contributed by atoms with E-state index in [1.807, 2.05) is 12.1 Å². The van der Waals surface area contributed by atoms with Crippen molar-refractivity contribution in [3.05, 3.63) is 35.5 Å². The fourth-order valence-electron chi connectivity index (χ4n) is 2.86. The first-order valence-electron chi connectivity index (χ1n) is 6.69. The molecule has 0 saturated carbocycles. The van der Waals surface area contributed by atoms with Crippen LogP contribution in [0.25, 0.3) is 10.9 Å². The molecule has 0 radical (unpaired) electrons. The Labute approximate surface area is 124 Å². The number of benzene rings is 1. The average Bonchev–Trinajstić information content (AvgIpc) is 2.90. The number of hydrogen-bond acceptors (Lipinski definition) is 3. The summed E-state index contributed by atoms with van der Waals surface area (Å²) < 4.78 is 4.79. The Bertz CT molecular complexity index is 603. The lowest BCUT2D eigenvalue weighted by Crippen LogP contribution is -2.26. The van der Waals surface area contributed by atoms with Crippen LogP contribution in [0.3, 0.4) is 0 Å². The SMILES string of the molecule is COC(=O)c1ccc2[nH]cc(C3CCNCC3)c2c1.Cl. The number of methoxy groups -OCH3 is 1. The number of ether oxygens (including phenoxy) is 1. The Hall–Kier alpha value is -1.52. The first-order valence-corrected chi connectivity index (χ1v) is 6.69. The molecule has 1 aliphatic heterocycles. The summed E-state index contributed by atoms with van der Waals surface area (Å²) in [5.74, 6) is 0.294. The molecule has 1 fully saturated rings. The summed E-state index contributed by atoms with van der Waals surface area (Å²) in [6, 6.07) is 5.69. The van der Waals surface area contributed by atoms with Gasteiger partial charge in [0.15, 0.2) is 0 Å². The van der Waals surface area contributed by atoms with E-state index in [2.05, 4.69) is 16.5 Å². The lowest BCUT2D eigenvalue weighted by Gasteiger charge is -2.22. The van der Waals surface area contributed by atoms with Gasteiger partial charge >= 0.3 is 5.97 Å². The van der Waals surface area contributed by atoms with Crippen molar-refractivity contribution in [2.75, 3.05) is 20.2 Å². The van der Waals surface area contributed by atoms with Crippen molar-refractivity contribution in [3.8, 4) is 0 Å². The van der Waals surface area contributed by atoms with Gasteiger partial charge in [-0.25, -0.2) is 4.79 Å². The molecule has 2 N–H and O–H groups in total. The van der Waals surface area contributed by atoms with Crippen molar-refractivity contribution in [1.29, 1.82) is 0 Å². The molecule has 20 heavy (non-hydrogen) atoms. The highest BCUT2D eigenvalue weighted by molar-refractivity contribution is 5.95. The molecule has 2 aromatic rings. The molecule has 5 heteroatoms. The second-order valence-corrected chi connectivity index (χ2v) is 5.02. The summed E-state index contributed by atoms with van der Waals surface area (Å²) in [5, 5.41) is 4.53. The van der Waals surface area contributed by atoms with Crippen LogP contribution in [-0.2, 0) is 4.74 Å². The van der Waals surface area contributed by atoms with Crippen molar-refractivity contribution in [3.63, 3.8) is 0 Å². The van der Waals surface area contributed by atoms with Gasteiger partial charge in [-0.2, -0.15) is 0 Å². The van der Waals surface area contributed by atoms with Gasteiger partial charge in [-0.05, 0) is 55.6 Å². The Morgan fingerprint density at radius 2 is 2.05 bits per heavy atom. The number of esters is 1. The lowest BCUT2D eigenvalue weighted by molar-refractivity contribution is 0.0601. The Morgan fingerprint density at radius 1 is 1.30 bits per heavy atom. The smallest absolute Gasteiger partial charge is 0.337 e. The molecule has 0 unspecified atom stereocenters. The lowest BCUT2D eigenvalue weighted by atomic mass is 9.90. The first-order chi connectivity index (χ1) is 9.29. The molecule has 3 rings (SSSR count). The number of aromatic nitrogens is 1. The molecule has 1 aromatic carbocycles. The molecule has 0 amide bonds. The Morgan fingerprint density at radius 3 is 2.75 bits per heavy atom. The third kappa shape index (κ3) is 2.67. The normalized spacial score (nSPS) is 15.8. The molecule has 2 heterocycles. The number of carbonyl (C=O) groups excluding carboxylic acids is 1. The molecule has 1 aliphatic rings. The zero-order chi connectivity index (χ0) is 13.2. The second-order valence-electron chi connectivity index (χ2n) is 5.02. The Kier molecular flexibility index (Phi) is 4.68. The number of carbonyl (C=O) groups is 1. The maximum Gasteiger partial charge on any atom is 0.337 e. The number of fused-ring (bicyclic) bond motifs is 1. The highest BCUT2D eigenvalue weighted by Gasteiger charge is 2.19. The minimum absolute atomic E-state index is 0. The van der Waals surface area contributed by atoms with Gasteiger partial charge in [0.2, 0.25) is 0 Å². The molecule has 0 aliphatic carbocycles. The molecule has 1 aromatic heterocycles. The predicted octanol–water partition coefficient (Wildman–Crippen LogP) is 2.84. The number of halogens is 1. The molecular weight excluding hydrogens is 276 g/mol. The summed E-state index contributed by atoms with van der Waals surface area (Å²) in [7, 11) is 1.41. The maximum atomic E-state index is 11.6. The largest absolute Gasteiger partial charge is 0.465 e. The topological polar surface area (TPSA) is 54.1 Å². The highest BCUT2D eigenvalue weighted by atomic mass is 35.5. The van der Waals surface area contributed by atoms with Gasteiger partial charge in [-0.15, -0.1) is 12.4 Å². The number of hydrogen-bond donors (Lipinski definition) is 2. The van der Waals surface area contributed by atoms with E-state index in [0.29, 0.717) is 11.5 Å². The number of nitrogens with one attached hydrogen (secondary N) is 2. The number of aromatic amines is 1. The van der Waals surface area contributed by atoms with Crippen molar-refractivity contribution in [2.24, 2.45) is 0 Å². The van der Waals surface area contributed by atoms with E-state index in [4.69, 9.17) is 4.74 Å². The van der Waals surface area contributed by atoms with Crippen molar-refractivity contribution in [1.82, 2.24) is 10.3 Å². The van der Waals surface area contributed by atoms with Crippen LogP contribution in [0.1, 0.15) is 34.7 Å². The predicted molar refractivity (Wildman–Crippen MR) is 81.7 cm³/mol. The summed E-state index contributed by atoms with van der Waals surface area (Å²) in [4.78, 5) is 14.9. The summed E-state index contributed by atoms with van der Waals surface area (Å²) in [6.45, 7) is 2.13. The van der Waals surface area contributed by atoms with E-state index in [1.165, 1.54) is 12.7 Å². The molecule has 0 bridgehead atoms. The van der Waals surface area contributed by atoms with Crippen molar-refractivity contribution >= 4 is 29.3 Å². The van der Waals surface area contributed by atoms with Crippen LogP contribution < -0.4 is 5.32 Å². The summed E-state index contributed by atoms with van der Waals surface area (Å²) >= 11 is 0.